The van der Waals surface area contributed by atoms with Gasteiger partial charge in [-0.1, -0.05) is 0 Å². The smallest absolute Gasteiger partial charge is 0.410 e. The average molecular weight is 383 g/mol. The Morgan fingerprint density at radius 3 is 2.22 bits per heavy atom. The summed E-state index contributed by atoms with van der Waals surface area (Å²) in [4.78, 5) is 29.3. The van der Waals surface area contributed by atoms with Gasteiger partial charge in [-0.25, -0.2) is 4.79 Å². The van der Waals surface area contributed by atoms with Crippen molar-refractivity contribution < 1.29 is 23.8 Å². The molecule has 3 heterocycles. The third-order valence-corrected chi connectivity index (χ3v) is 5.82. The van der Waals surface area contributed by atoms with Gasteiger partial charge in [-0.3, -0.25) is 9.69 Å². The molecule has 3 saturated heterocycles. The predicted octanol–water partition coefficient (Wildman–Crippen LogP) is 2.78. The number of ether oxygens (including phenoxy) is 3. The van der Waals surface area contributed by atoms with Crippen LogP contribution in [0.2, 0.25) is 0 Å². The summed E-state index contributed by atoms with van der Waals surface area (Å²) < 4.78 is 17.1. The van der Waals surface area contributed by atoms with Gasteiger partial charge in [0.2, 0.25) is 5.91 Å². The zero-order chi connectivity index (χ0) is 19.7. The molecule has 0 aliphatic carbocycles. The molecule has 3 fully saturated rings. The second-order valence-electron chi connectivity index (χ2n) is 9.00. The molecule has 3 aliphatic heterocycles. The summed E-state index contributed by atoms with van der Waals surface area (Å²) in [5, 5.41) is 0. The molecule has 154 valence electrons. The fraction of sp³-hybridized carbons (Fsp3) is 0.900. The molecule has 0 saturated carbocycles. The lowest BCUT2D eigenvalue weighted by atomic mass is 9.88. The van der Waals surface area contributed by atoms with Crippen molar-refractivity contribution in [2.75, 3.05) is 32.8 Å². The fourth-order valence-corrected chi connectivity index (χ4v) is 4.33. The highest BCUT2D eigenvalue weighted by molar-refractivity contribution is 5.86. The maximum Gasteiger partial charge on any atom is 0.410 e. The summed E-state index contributed by atoms with van der Waals surface area (Å²) >= 11 is 0. The van der Waals surface area contributed by atoms with E-state index in [2.05, 4.69) is 0 Å². The highest BCUT2D eigenvalue weighted by Crippen LogP contribution is 2.35. The van der Waals surface area contributed by atoms with Crippen molar-refractivity contribution in [3.8, 4) is 0 Å². The van der Waals surface area contributed by atoms with Gasteiger partial charge in [0.25, 0.3) is 0 Å². The molecule has 3 rings (SSSR count). The lowest BCUT2D eigenvalue weighted by molar-refractivity contribution is -0.192. The molecule has 0 unspecified atom stereocenters. The van der Waals surface area contributed by atoms with Crippen LogP contribution in [-0.2, 0) is 19.0 Å². The van der Waals surface area contributed by atoms with Gasteiger partial charge in [-0.15, -0.1) is 0 Å². The van der Waals surface area contributed by atoms with Gasteiger partial charge >= 0.3 is 6.09 Å². The first-order valence-electron chi connectivity index (χ1n) is 10.3. The fourth-order valence-electron chi connectivity index (χ4n) is 4.33. The van der Waals surface area contributed by atoms with Crippen LogP contribution in [0.1, 0.15) is 59.8 Å². The standard InChI is InChI=1S/C20H34N2O5/c1-19(2,3)27-18(24)22-10-6-5-7-16(22)17(23)21-11-8-15(9-12-21)20(4)25-13-14-26-20/h15-16H,5-14H2,1-4H3/t16-/m0/s1. The Morgan fingerprint density at radius 2 is 1.63 bits per heavy atom. The minimum atomic E-state index is -0.558. The first-order valence-corrected chi connectivity index (χ1v) is 10.3. The number of nitrogens with zero attached hydrogens (tertiary/aromatic N) is 2. The third-order valence-electron chi connectivity index (χ3n) is 5.82. The number of amides is 2. The first-order chi connectivity index (χ1) is 12.7. The summed E-state index contributed by atoms with van der Waals surface area (Å²) in [5.74, 6) is -0.155. The molecule has 7 heteroatoms. The van der Waals surface area contributed by atoms with Crippen LogP contribution in [0.5, 0.6) is 0 Å². The van der Waals surface area contributed by atoms with E-state index < -0.39 is 17.4 Å². The summed E-state index contributed by atoms with van der Waals surface area (Å²) in [6.07, 6.45) is 3.94. The van der Waals surface area contributed by atoms with Crippen LogP contribution in [0.4, 0.5) is 4.79 Å². The van der Waals surface area contributed by atoms with Crippen LogP contribution < -0.4 is 0 Å². The Hall–Kier alpha value is -1.34. The summed E-state index contributed by atoms with van der Waals surface area (Å²) in [5.41, 5.74) is -0.558. The molecular weight excluding hydrogens is 348 g/mol. The summed E-state index contributed by atoms with van der Waals surface area (Å²) in [7, 11) is 0. The Balaban J connectivity index is 1.59. The van der Waals surface area contributed by atoms with Crippen LogP contribution in [0.25, 0.3) is 0 Å². The highest BCUT2D eigenvalue weighted by Gasteiger charge is 2.43. The van der Waals surface area contributed by atoms with Crippen molar-refractivity contribution in [1.82, 2.24) is 9.80 Å². The molecule has 0 spiro atoms. The van der Waals surface area contributed by atoms with E-state index in [1.54, 1.807) is 4.90 Å². The number of likely N-dealkylation sites (tertiary alicyclic amines) is 2. The van der Waals surface area contributed by atoms with Crippen LogP contribution in [0.3, 0.4) is 0 Å². The molecule has 2 amide bonds. The third kappa shape index (κ3) is 4.74. The van der Waals surface area contributed by atoms with E-state index in [1.165, 1.54) is 0 Å². The maximum atomic E-state index is 13.2. The molecule has 0 aromatic heterocycles. The van der Waals surface area contributed by atoms with Crippen molar-refractivity contribution in [3.63, 3.8) is 0 Å². The van der Waals surface area contributed by atoms with Crippen LogP contribution in [0, 0.1) is 5.92 Å². The van der Waals surface area contributed by atoms with Gasteiger partial charge in [-0.05, 0) is 59.8 Å². The zero-order valence-electron chi connectivity index (χ0n) is 17.2. The molecule has 1 atom stereocenters. The van der Waals surface area contributed by atoms with E-state index in [-0.39, 0.29) is 12.0 Å². The SMILES string of the molecule is CC(C)(C)OC(=O)N1CCCC[C@H]1C(=O)N1CCC(C2(C)OCCO2)CC1. The molecule has 0 radical (unpaired) electrons. The minimum absolute atomic E-state index is 0.0532. The topological polar surface area (TPSA) is 68.3 Å². The first kappa shape index (κ1) is 20.4. The number of carbonyl (C=O) groups is 2. The second-order valence-corrected chi connectivity index (χ2v) is 9.00. The summed E-state index contributed by atoms with van der Waals surface area (Å²) in [6.45, 7) is 10.8. The van der Waals surface area contributed by atoms with Crippen molar-refractivity contribution in [1.29, 1.82) is 0 Å². The lowest BCUT2D eigenvalue weighted by Crippen LogP contribution is -2.56. The Kier molecular flexibility index (Phi) is 6.01. The minimum Gasteiger partial charge on any atom is -0.444 e. The van der Waals surface area contributed by atoms with Gasteiger partial charge in [0.05, 0.1) is 13.2 Å². The van der Waals surface area contributed by atoms with Crippen molar-refractivity contribution in [2.45, 2.75) is 77.2 Å². The van der Waals surface area contributed by atoms with E-state index >= 15 is 0 Å². The quantitative estimate of drug-likeness (QED) is 0.735. The number of rotatable bonds is 2. The molecule has 0 aromatic carbocycles. The van der Waals surface area contributed by atoms with Gasteiger partial charge in [0.15, 0.2) is 5.79 Å². The van der Waals surface area contributed by atoms with Crippen LogP contribution >= 0.6 is 0 Å². The van der Waals surface area contributed by atoms with E-state index in [9.17, 15) is 9.59 Å². The molecule has 0 aromatic rings. The van der Waals surface area contributed by atoms with Crippen molar-refractivity contribution in [3.05, 3.63) is 0 Å². The van der Waals surface area contributed by atoms with Gasteiger partial charge in [0.1, 0.15) is 11.6 Å². The second kappa shape index (κ2) is 7.95. The normalized spacial score (nSPS) is 26.9. The average Bonchev–Trinajstić information content (AvgIpc) is 3.08. The Morgan fingerprint density at radius 1 is 1.00 bits per heavy atom. The van der Waals surface area contributed by atoms with Gasteiger partial charge in [0, 0.05) is 25.6 Å². The molecule has 0 bridgehead atoms. The maximum absolute atomic E-state index is 13.2. The van der Waals surface area contributed by atoms with E-state index in [0.29, 0.717) is 45.2 Å². The molecule has 3 aliphatic rings. The van der Waals surface area contributed by atoms with Crippen LogP contribution in [0.15, 0.2) is 0 Å². The molecule has 27 heavy (non-hydrogen) atoms. The number of hydrogen-bond donors (Lipinski definition) is 0. The molecule has 7 nitrogen and oxygen atoms in total. The predicted molar refractivity (Wildman–Crippen MR) is 100 cm³/mol. The lowest BCUT2D eigenvalue weighted by Gasteiger charge is -2.42. The van der Waals surface area contributed by atoms with Gasteiger partial charge in [-0.2, -0.15) is 0 Å². The highest BCUT2D eigenvalue weighted by atomic mass is 16.7. The largest absolute Gasteiger partial charge is 0.444 e. The summed E-state index contributed by atoms with van der Waals surface area (Å²) in [6, 6.07) is -0.403. The zero-order valence-corrected chi connectivity index (χ0v) is 17.2. The van der Waals surface area contributed by atoms with Gasteiger partial charge < -0.3 is 19.1 Å². The van der Waals surface area contributed by atoms with Crippen molar-refractivity contribution in [2.24, 2.45) is 5.92 Å². The van der Waals surface area contributed by atoms with E-state index in [1.807, 2.05) is 32.6 Å². The Bertz CT molecular complexity index is 545. The van der Waals surface area contributed by atoms with E-state index in [0.717, 1.165) is 25.7 Å². The molecule has 0 N–H and O–H groups in total. The van der Waals surface area contributed by atoms with Crippen LogP contribution in [-0.4, -0.2) is 72.1 Å². The number of piperidine rings is 2. The van der Waals surface area contributed by atoms with Crippen molar-refractivity contribution >= 4 is 12.0 Å². The Labute approximate surface area is 162 Å². The molecular formula is C20H34N2O5. The number of hydrogen-bond acceptors (Lipinski definition) is 5. The monoisotopic (exact) mass is 382 g/mol. The number of carbonyl (C=O) groups excluding carboxylic acids is 2. The van der Waals surface area contributed by atoms with E-state index in [4.69, 9.17) is 14.2 Å².